The lowest BCUT2D eigenvalue weighted by atomic mass is 9.84. The third kappa shape index (κ3) is 4.97. The summed E-state index contributed by atoms with van der Waals surface area (Å²) < 4.78 is 0. The normalized spacial score (nSPS) is 27.4. The lowest BCUT2D eigenvalue weighted by Crippen LogP contribution is -2.44. The fourth-order valence-electron chi connectivity index (χ4n) is 2.88. The fraction of sp³-hybridized carbons (Fsp3) is 1.00. The minimum Gasteiger partial charge on any atom is -0.327 e. The molecule has 1 aliphatic carbocycles. The summed E-state index contributed by atoms with van der Waals surface area (Å²) in [7, 11) is 0. The standard InChI is InChI=1S/C15H32N2/c1-4-6-11-17(13(3)5-2)12-14-9-7-8-10-15(14)16/h13-15H,4-12,16H2,1-3H3. The molecular formula is C15H32N2. The summed E-state index contributed by atoms with van der Waals surface area (Å²) in [4.78, 5) is 2.68. The number of nitrogens with zero attached hydrogens (tertiary/aromatic N) is 1. The Kier molecular flexibility index (Phi) is 7.14. The number of hydrogen-bond donors (Lipinski definition) is 1. The van der Waals surface area contributed by atoms with E-state index >= 15 is 0 Å². The number of nitrogens with two attached hydrogens (primary N) is 1. The molecule has 3 unspecified atom stereocenters. The molecular weight excluding hydrogens is 208 g/mol. The molecule has 1 saturated carbocycles. The zero-order valence-corrected chi connectivity index (χ0v) is 12.1. The van der Waals surface area contributed by atoms with Crippen LogP contribution >= 0.6 is 0 Å². The lowest BCUT2D eigenvalue weighted by Gasteiger charge is -2.36. The second-order valence-corrected chi connectivity index (χ2v) is 5.81. The van der Waals surface area contributed by atoms with Crippen LogP contribution in [0.1, 0.15) is 65.7 Å². The van der Waals surface area contributed by atoms with Gasteiger partial charge in [-0.05, 0) is 45.1 Å². The summed E-state index contributed by atoms with van der Waals surface area (Å²) in [5.41, 5.74) is 6.27. The first kappa shape index (κ1) is 15.0. The monoisotopic (exact) mass is 240 g/mol. The van der Waals surface area contributed by atoms with Crippen LogP contribution in [-0.2, 0) is 0 Å². The van der Waals surface area contributed by atoms with E-state index in [0.29, 0.717) is 6.04 Å². The molecule has 2 nitrogen and oxygen atoms in total. The van der Waals surface area contributed by atoms with Crippen LogP contribution < -0.4 is 5.73 Å². The quantitative estimate of drug-likeness (QED) is 0.739. The van der Waals surface area contributed by atoms with Crippen LogP contribution in [0.2, 0.25) is 0 Å². The van der Waals surface area contributed by atoms with Crippen LogP contribution in [-0.4, -0.2) is 30.1 Å². The molecule has 102 valence electrons. The van der Waals surface area contributed by atoms with Crippen LogP contribution in [0.5, 0.6) is 0 Å². The molecule has 1 rings (SSSR count). The molecule has 3 atom stereocenters. The van der Waals surface area contributed by atoms with Gasteiger partial charge in [-0.3, -0.25) is 0 Å². The molecule has 0 aromatic carbocycles. The van der Waals surface area contributed by atoms with Gasteiger partial charge >= 0.3 is 0 Å². The van der Waals surface area contributed by atoms with Gasteiger partial charge in [0.25, 0.3) is 0 Å². The molecule has 0 spiro atoms. The Morgan fingerprint density at radius 3 is 2.53 bits per heavy atom. The van der Waals surface area contributed by atoms with E-state index in [1.165, 1.54) is 58.0 Å². The van der Waals surface area contributed by atoms with E-state index < -0.39 is 0 Å². The highest BCUT2D eigenvalue weighted by Crippen LogP contribution is 2.24. The molecule has 0 radical (unpaired) electrons. The molecule has 2 N–H and O–H groups in total. The average molecular weight is 240 g/mol. The van der Waals surface area contributed by atoms with Crippen molar-refractivity contribution >= 4 is 0 Å². The van der Waals surface area contributed by atoms with E-state index in [4.69, 9.17) is 5.73 Å². The van der Waals surface area contributed by atoms with Crippen molar-refractivity contribution in [2.75, 3.05) is 13.1 Å². The van der Waals surface area contributed by atoms with E-state index in [1.54, 1.807) is 0 Å². The lowest BCUT2D eigenvalue weighted by molar-refractivity contribution is 0.141. The third-order valence-electron chi connectivity index (χ3n) is 4.45. The zero-order chi connectivity index (χ0) is 12.7. The molecule has 2 heteroatoms. The van der Waals surface area contributed by atoms with Gasteiger partial charge in [-0.15, -0.1) is 0 Å². The number of unbranched alkanes of at least 4 members (excludes halogenated alkanes) is 1. The van der Waals surface area contributed by atoms with Gasteiger partial charge < -0.3 is 10.6 Å². The van der Waals surface area contributed by atoms with Gasteiger partial charge in [0, 0.05) is 18.6 Å². The Morgan fingerprint density at radius 2 is 1.94 bits per heavy atom. The van der Waals surface area contributed by atoms with Crippen molar-refractivity contribution in [2.45, 2.75) is 77.8 Å². The molecule has 0 aromatic heterocycles. The van der Waals surface area contributed by atoms with Crippen molar-refractivity contribution in [2.24, 2.45) is 11.7 Å². The second-order valence-electron chi connectivity index (χ2n) is 5.81. The first-order chi connectivity index (χ1) is 8.19. The number of hydrogen-bond acceptors (Lipinski definition) is 2. The van der Waals surface area contributed by atoms with E-state index in [1.807, 2.05) is 0 Å². The maximum Gasteiger partial charge on any atom is 0.00793 e. The highest BCUT2D eigenvalue weighted by atomic mass is 15.1. The Balaban J connectivity index is 2.45. The van der Waals surface area contributed by atoms with Crippen molar-refractivity contribution in [3.8, 4) is 0 Å². The molecule has 0 amide bonds. The predicted molar refractivity (Wildman–Crippen MR) is 76.2 cm³/mol. The van der Waals surface area contributed by atoms with Gasteiger partial charge in [0.2, 0.25) is 0 Å². The van der Waals surface area contributed by atoms with Crippen LogP contribution in [0, 0.1) is 5.92 Å². The minimum atomic E-state index is 0.455. The van der Waals surface area contributed by atoms with Gasteiger partial charge in [0.1, 0.15) is 0 Å². The molecule has 0 bridgehead atoms. The summed E-state index contributed by atoms with van der Waals surface area (Å²) in [6, 6.07) is 1.17. The Morgan fingerprint density at radius 1 is 1.24 bits per heavy atom. The topological polar surface area (TPSA) is 29.3 Å². The van der Waals surface area contributed by atoms with Crippen molar-refractivity contribution in [1.82, 2.24) is 4.90 Å². The van der Waals surface area contributed by atoms with Gasteiger partial charge in [0.05, 0.1) is 0 Å². The molecule has 1 aliphatic rings. The van der Waals surface area contributed by atoms with Gasteiger partial charge in [0.15, 0.2) is 0 Å². The fourth-order valence-corrected chi connectivity index (χ4v) is 2.88. The van der Waals surface area contributed by atoms with Crippen molar-refractivity contribution in [3.63, 3.8) is 0 Å². The van der Waals surface area contributed by atoms with E-state index in [2.05, 4.69) is 25.7 Å². The number of rotatable bonds is 7. The van der Waals surface area contributed by atoms with Gasteiger partial charge in [-0.25, -0.2) is 0 Å². The summed E-state index contributed by atoms with van der Waals surface area (Å²) in [6.07, 6.45) is 9.20. The maximum absolute atomic E-state index is 6.27. The van der Waals surface area contributed by atoms with Crippen molar-refractivity contribution in [3.05, 3.63) is 0 Å². The maximum atomic E-state index is 6.27. The summed E-state index contributed by atoms with van der Waals surface area (Å²) in [5.74, 6) is 0.745. The Hall–Kier alpha value is -0.0800. The summed E-state index contributed by atoms with van der Waals surface area (Å²) >= 11 is 0. The highest BCUT2D eigenvalue weighted by Gasteiger charge is 2.25. The summed E-state index contributed by atoms with van der Waals surface area (Å²) in [5, 5.41) is 0. The molecule has 0 saturated heterocycles. The minimum absolute atomic E-state index is 0.455. The molecule has 17 heavy (non-hydrogen) atoms. The van der Waals surface area contributed by atoms with Crippen LogP contribution in [0.15, 0.2) is 0 Å². The summed E-state index contributed by atoms with van der Waals surface area (Å²) in [6.45, 7) is 9.43. The van der Waals surface area contributed by atoms with Crippen LogP contribution in [0.4, 0.5) is 0 Å². The van der Waals surface area contributed by atoms with Crippen molar-refractivity contribution < 1.29 is 0 Å². The first-order valence-corrected chi connectivity index (χ1v) is 7.68. The Bertz CT molecular complexity index is 193. The predicted octanol–water partition coefficient (Wildman–Crippen LogP) is 3.40. The largest absolute Gasteiger partial charge is 0.327 e. The molecule has 0 heterocycles. The van der Waals surface area contributed by atoms with E-state index in [0.717, 1.165) is 12.0 Å². The van der Waals surface area contributed by atoms with Gasteiger partial charge in [-0.1, -0.05) is 33.1 Å². The molecule has 1 fully saturated rings. The Labute approximate surface area is 108 Å². The second kappa shape index (κ2) is 8.10. The first-order valence-electron chi connectivity index (χ1n) is 7.68. The van der Waals surface area contributed by atoms with Crippen LogP contribution in [0.3, 0.4) is 0 Å². The van der Waals surface area contributed by atoms with Crippen molar-refractivity contribution in [1.29, 1.82) is 0 Å². The van der Waals surface area contributed by atoms with Crippen LogP contribution in [0.25, 0.3) is 0 Å². The van der Waals surface area contributed by atoms with E-state index in [-0.39, 0.29) is 0 Å². The zero-order valence-electron chi connectivity index (χ0n) is 12.1. The average Bonchev–Trinajstić information content (AvgIpc) is 2.35. The van der Waals surface area contributed by atoms with Gasteiger partial charge in [-0.2, -0.15) is 0 Å². The molecule has 0 aromatic rings. The SMILES string of the molecule is CCCCN(CC1CCCCC1N)C(C)CC. The smallest absolute Gasteiger partial charge is 0.00793 e. The highest BCUT2D eigenvalue weighted by molar-refractivity contribution is 4.81. The molecule has 0 aliphatic heterocycles. The van der Waals surface area contributed by atoms with E-state index in [9.17, 15) is 0 Å². The third-order valence-corrected chi connectivity index (χ3v) is 4.45.